The number of nitrogens with zero attached hydrogens (tertiary/aromatic N) is 3. The monoisotopic (exact) mass is 321 g/mol. The molecule has 0 unspecified atom stereocenters. The lowest BCUT2D eigenvalue weighted by atomic mass is 10.0. The van der Waals surface area contributed by atoms with Crippen LogP contribution in [0.2, 0.25) is 0 Å². The van der Waals surface area contributed by atoms with E-state index in [9.17, 15) is 4.79 Å². The maximum absolute atomic E-state index is 12.9. The average Bonchev–Trinajstić information content (AvgIpc) is 3.32. The lowest BCUT2D eigenvalue weighted by Crippen LogP contribution is -2.38. The molecule has 3 heterocycles. The lowest BCUT2D eigenvalue weighted by molar-refractivity contribution is -0.143. The second-order valence-corrected chi connectivity index (χ2v) is 6.17. The van der Waals surface area contributed by atoms with Crippen molar-refractivity contribution in [3.8, 4) is 0 Å². The van der Waals surface area contributed by atoms with Crippen molar-refractivity contribution < 1.29 is 9.63 Å². The highest BCUT2D eigenvalue weighted by Crippen LogP contribution is 2.33. The molecule has 2 aliphatic heterocycles. The van der Waals surface area contributed by atoms with Gasteiger partial charge >= 0.3 is 0 Å². The molecule has 0 spiro atoms. The Hall–Kier alpha value is -2.69. The van der Waals surface area contributed by atoms with Gasteiger partial charge in [0.25, 0.3) is 5.91 Å². The molecule has 2 aliphatic rings. The number of rotatable bonds is 3. The summed E-state index contributed by atoms with van der Waals surface area (Å²) in [5.74, 6) is 0.0315. The minimum atomic E-state index is -0.511. The standard InChI is InChI=1S/C19H19N3O2/c23-19(18-13-16(21-24-18)14-5-2-1-3-6-14)22-12-4-7-17(22)15-8-10-20-11-9-15/h1-3,5-6,8-11,17-18H,4,7,12-13H2/t17-,18-/m1/s1. The summed E-state index contributed by atoms with van der Waals surface area (Å²) in [7, 11) is 0. The van der Waals surface area contributed by atoms with Gasteiger partial charge in [0.1, 0.15) is 0 Å². The molecule has 2 atom stereocenters. The van der Waals surface area contributed by atoms with Gasteiger partial charge in [0, 0.05) is 25.4 Å². The fourth-order valence-corrected chi connectivity index (χ4v) is 3.46. The largest absolute Gasteiger partial charge is 0.382 e. The van der Waals surface area contributed by atoms with Crippen molar-refractivity contribution in [2.75, 3.05) is 6.54 Å². The maximum atomic E-state index is 12.9. The molecule has 0 bridgehead atoms. The predicted molar refractivity (Wildman–Crippen MR) is 90.4 cm³/mol. The first-order valence-electron chi connectivity index (χ1n) is 8.31. The van der Waals surface area contributed by atoms with Gasteiger partial charge in [0.15, 0.2) is 0 Å². The van der Waals surface area contributed by atoms with Gasteiger partial charge in [-0.2, -0.15) is 0 Å². The first-order valence-corrected chi connectivity index (χ1v) is 8.31. The molecular weight excluding hydrogens is 302 g/mol. The minimum absolute atomic E-state index is 0.0315. The molecule has 0 N–H and O–H groups in total. The van der Waals surface area contributed by atoms with Crippen molar-refractivity contribution in [2.45, 2.75) is 31.4 Å². The zero-order valence-corrected chi connectivity index (χ0v) is 13.3. The van der Waals surface area contributed by atoms with Crippen molar-refractivity contribution in [1.29, 1.82) is 0 Å². The Labute approximate surface area is 141 Å². The zero-order chi connectivity index (χ0) is 16.4. The quantitative estimate of drug-likeness (QED) is 0.873. The molecule has 5 heteroatoms. The van der Waals surface area contributed by atoms with Gasteiger partial charge in [-0.3, -0.25) is 9.78 Å². The van der Waals surface area contributed by atoms with E-state index in [1.807, 2.05) is 47.4 Å². The second-order valence-electron chi connectivity index (χ2n) is 6.17. The van der Waals surface area contributed by atoms with E-state index in [1.54, 1.807) is 12.4 Å². The van der Waals surface area contributed by atoms with E-state index in [2.05, 4.69) is 10.1 Å². The van der Waals surface area contributed by atoms with Gasteiger partial charge in [-0.15, -0.1) is 0 Å². The van der Waals surface area contributed by atoms with E-state index in [4.69, 9.17) is 4.84 Å². The number of oxime groups is 1. The average molecular weight is 321 g/mol. The summed E-state index contributed by atoms with van der Waals surface area (Å²) in [4.78, 5) is 24.4. The van der Waals surface area contributed by atoms with Gasteiger partial charge in [-0.1, -0.05) is 35.5 Å². The highest BCUT2D eigenvalue weighted by Gasteiger charge is 2.38. The number of carbonyl (C=O) groups excluding carboxylic acids is 1. The smallest absolute Gasteiger partial charge is 0.267 e. The first-order chi connectivity index (χ1) is 11.8. The lowest BCUT2D eigenvalue weighted by Gasteiger charge is -2.26. The fraction of sp³-hybridized carbons (Fsp3) is 0.316. The van der Waals surface area contributed by atoms with Crippen molar-refractivity contribution in [1.82, 2.24) is 9.88 Å². The van der Waals surface area contributed by atoms with E-state index in [0.717, 1.165) is 36.2 Å². The van der Waals surface area contributed by atoms with E-state index in [0.29, 0.717) is 6.42 Å². The molecule has 5 nitrogen and oxygen atoms in total. The summed E-state index contributed by atoms with van der Waals surface area (Å²) in [5.41, 5.74) is 2.99. The SMILES string of the molecule is O=C([C@H]1CC(c2ccccc2)=NO1)N1CCC[C@@H]1c1ccncc1. The molecule has 1 fully saturated rings. The number of hydrogen-bond donors (Lipinski definition) is 0. The van der Waals surface area contributed by atoms with Gasteiger partial charge < -0.3 is 9.74 Å². The van der Waals surface area contributed by atoms with Crippen LogP contribution in [0.25, 0.3) is 0 Å². The number of pyridine rings is 1. The number of aromatic nitrogens is 1. The van der Waals surface area contributed by atoms with Crippen LogP contribution in [0.1, 0.15) is 36.4 Å². The Morgan fingerprint density at radius 2 is 1.92 bits per heavy atom. The summed E-state index contributed by atoms with van der Waals surface area (Å²) in [6.07, 6.45) is 5.57. The van der Waals surface area contributed by atoms with Crippen LogP contribution in [0.4, 0.5) is 0 Å². The van der Waals surface area contributed by atoms with E-state index in [1.165, 1.54) is 0 Å². The molecule has 4 rings (SSSR count). The van der Waals surface area contributed by atoms with Crippen LogP contribution in [0.5, 0.6) is 0 Å². The number of amides is 1. The number of likely N-dealkylation sites (tertiary alicyclic amines) is 1. The second kappa shape index (κ2) is 6.43. The van der Waals surface area contributed by atoms with Crippen LogP contribution in [0.15, 0.2) is 60.0 Å². The molecule has 122 valence electrons. The Morgan fingerprint density at radius 3 is 2.71 bits per heavy atom. The number of benzene rings is 1. The zero-order valence-electron chi connectivity index (χ0n) is 13.3. The Morgan fingerprint density at radius 1 is 1.12 bits per heavy atom. The third-order valence-corrected chi connectivity index (χ3v) is 4.68. The summed E-state index contributed by atoms with van der Waals surface area (Å²) < 4.78 is 0. The third kappa shape index (κ3) is 2.77. The van der Waals surface area contributed by atoms with Crippen molar-refractivity contribution in [2.24, 2.45) is 5.16 Å². The number of carbonyl (C=O) groups is 1. The Kier molecular flexibility index (Phi) is 3.99. The molecule has 2 aromatic rings. The van der Waals surface area contributed by atoms with Crippen molar-refractivity contribution in [3.05, 3.63) is 66.0 Å². The van der Waals surface area contributed by atoms with E-state index >= 15 is 0 Å². The van der Waals surface area contributed by atoms with Gasteiger partial charge in [-0.05, 0) is 36.1 Å². The van der Waals surface area contributed by atoms with Crippen molar-refractivity contribution in [3.63, 3.8) is 0 Å². The predicted octanol–water partition coefficient (Wildman–Crippen LogP) is 2.94. The molecular formula is C19H19N3O2. The summed E-state index contributed by atoms with van der Waals surface area (Å²) in [6, 6.07) is 14.0. The summed E-state index contributed by atoms with van der Waals surface area (Å²) >= 11 is 0. The molecule has 1 aromatic carbocycles. The Balaban J connectivity index is 1.47. The number of hydrogen-bond acceptors (Lipinski definition) is 4. The summed E-state index contributed by atoms with van der Waals surface area (Å²) in [6.45, 7) is 0.770. The third-order valence-electron chi connectivity index (χ3n) is 4.68. The highest BCUT2D eigenvalue weighted by molar-refractivity contribution is 6.04. The van der Waals surface area contributed by atoms with E-state index in [-0.39, 0.29) is 11.9 Å². The molecule has 1 aromatic heterocycles. The van der Waals surface area contributed by atoms with Gasteiger partial charge in [0.05, 0.1) is 11.8 Å². The van der Waals surface area contributed by atoms with Crippen LogP contribution in [0.3, 0.4) is 0 Å². The van der Waals surface area contributed by atoms with Crippen LogP contribution in [-0.2, 0) is 9.63 Å². The molecule has 24 heavy (non-hydrogen) atoms. The molecule has 0 radical (unpaired) electrons. The van der Waals surface area contributed by atoms with Crippen molar-refractivity contribution >= 4 is 11.6 Å². The topological polar surface area (TPSA) is 54.8 Å². The van der Waals surface area contributed by atoms with Crippen LogP contribution in [-0.4, -0.2) is 34.2 Å². The highest BCUT2D eigenvalue weighted by atomic mass is 16.6. The molecule has 1 amide bonds. The molecule has 0 aliphatic carbocycles. The first kappa shape index (κ1) is 14.9. The normalized spacial score (nSPS) is 23.0. The summed E-state index contributed by atoms with van der Waals surface area (Å²) in [5, 5.41) is 4.14. The maximum Gasteiger partial charge on any atom is 0.267 e. The minimum Gasteiger partial charge on any atom is -0.382 e. The van der Waals surface area contributed by atoms with Crippen LogP contribution < -0.4 is 0 Å². The molecule has 0 saturated carbocycles. The Bertz CT molecular complexity index is 746. The van der Waals surface area contributed by atoms with Crippen LogP contribution in [0, 0.1) is 0 Å². The van der Waals surface area contributed by atoms with Gasteiger partial charge in [-0.25, -0.2) is 0 Å². The van der Waals surface area contributed by atoms with E-state index < -0.39 is 6.10 Å². The van der Waals surface area contributed by atoms with Gasteiger partial charge in [0.2, 0.25) is 6.10 Å². The van der Waals surface area contributed by atoms with Crippen LogP contribution >= 0.6 is 0 Å². The molecule has 1 saturated heterocycles. The fourth-order valence-electron chi connectivity index (χ4n) is 3.46.